The molecular formula is C21H30ClIN6. The molecule has 2 N–H and O–H groups in total. The molecule has 0 radical (unpaired) electrons. The summed E-state index contributed by atoms with van der Waals surface area (Å²) in [6.45, 7) is 3.48. The van der Waals surface area contributed by atoms with Gasteiger partial charge in [0.05, 0.1) is 5.02 Å². The van der Waals surface area contributed by atoms with Gasteiger partial charge in [-0.3, -0.25) is 4.99 Å². The van der Waals surface area contributed by atoms with E-state index in [0.717, 1.165) is 44.4 Å². The average Bonchev–Trinajstić information content (AvgIpc) is 3.14. The fourth-order valence-corrected chi connectivity index (χ4v) is 3.62. The molecule has 1 saturated heterocycles. The van der Waals surface area contributed by atoms with E-state index in [1.54, 1.807) is 13.2 Å². The van der Waals surface area contributed by atoms with Gasteiger partial charge in [0.25, 0.3) is 0 Å². The van der Waals surface area contributed by atoms with E-state index in [1.165, 1.54) is 11.1 Å². The van der Waals surface area contributed by atoms with Crippen LogP contribution in [-0.2, 0) is 13.1 Å². The van der Waals surface area contributed by atoms with Crippen molar-refractivity contribution in [3.05, 3.63) is 58.7 Å². The molecule has 1 aromatic heterocycles. The molecule has 0 saturated carbocycles. The second-order valence-corrected chi connectivity index (χ2v) is 7.77. The van der Waals surface area contributed by atoms with Crippen LogP contribution in [0.25, 0.3) is 0 Å². The van der Waals surface area contributed by atoms with Crippen LogP contribution >= 0.6 is 35.6 Å². The van der Waals surface area contributed by atoms with Crippen molar-refractivity contribution in [2.24, 2.45) is 4.99 Å². The Morgan fingerprint density at radius 1 is 1.24 bits per heavy atom. The van der Waals surface area contributed by atoms with Gasteiger partial charge in [0.2, 0.25) is 0 Å². The van der Waals surface area contributed by atoms with Crippen LogP contribution in [0.1, 0.15) is 17.5 Å². The highest BCUT2D eigenvalue weighted by atomic mass is 127. The van der Waals surface area contributed by atoms with E-state index in [2.05, 4.69) is 68.8 Å². The molecule has 1 unspecified atom stereocenters. The summed E-state index contributed by atoms with van der Waals surface area (Å²) in [6.07, 6.45) is 2.80. The number of anilines is 1. The van der Waals surface area contributed by atoms with Gasteiger partial charge < -0.3 is 20.4 Å². The van der Waals surface area contributed by atoms with Crippen molar-refractivity contribution in [1.29, 1.82) is 0 Å². The lowest BCUT2D eigenvalue weighted by atomic mass is 10.1. The number of hydrogen-bond donors (Lipinski definition) is 2. The molecule has 0 bridgehead atoms. The Kier molecular flexibility index (Phi) is 9.45. The predicted molar refractivity (Wildman–Crippen MR) is 132 cm³/mol. The van der Waals surface area contributed by atoms with Gasteiger partial charge in [0.1, 0.15) is 5.82 Å². The largest absolute Gasteiger partial charge is 0.353 e. The molecule has 0 spiro atoms. The van der Waals surface area contributed by atoms with E-state index in [-0.39, 0.29) is 24.0 Å². The number of guanidine groups is 1. The third kappa shape index (κ3) is 7.01. The fourth-order valence-electron chi connectivity index (χ4n) is 3.38. The van der Waals surface area contributed by atoms with Crippen LogP contribution in [0.3, 0.4) is 0 Å². The molecule has 0 aliphatic carbocycles. The second-order valence-electron chi connectivity index (χ2n) is 7.36. The van der Waals surface area contributed by atoms with Gasteiger partial charge in [-0.2, -0.15) is 0 Å². The number of rotatable bonds is 6. The molecule has 0 amide bonds. The first-order valence-corrected chi connectivity index (χ1v) is 9.98. The SMILES string of the molecule is CN=C(NCc1ccc(CN(C)C)cc1)NC1CCN(c2ncccc2Cl)C1.I. The minimum atomic E-state index is 0. The molecule has 3 rings (SSSR count). The summed E-state index contributed by atoms with van der Waals surface area (Å²) in [5.41, 5.74) is 2.55. The minimum Gasteiger partial charge on any atom is -0.353 e. The van der Waals surface area contributed by atoms with E-state index >= 15 is 0 Å². The molecule has 2 heterocycles. The van der Waals surface area contributed by atoms with Crippen LogP contribution in [0.15, 0.2) is 47.6 Å². The average molecular weight is 529 g/mol. The Balaban J connectivity index is 0.00000300. The maximum Gasteiger partial charge on any atom is 0.191 e. The van der Waals surface area contributed by atoms with Crippen molar-refractivity contribution in [2.75, 3.05) is 39.1 Å². The summed E-state index contributed by atoms with van der Waals surface area (Å²) >= 11 is 6.28. The quantitative estimate of drug-likeness (QED) is 0.342. The van der Waals surface area contributed by atoms with Gasteiger partial charge >= 0.3 is 0 Å². The molecule has 1 atom stereocenters. The van der Waals surface area contributed by atoms with Crippen LogP contribution in [0.4, 0.5) is 5.82 Å². The number of benzene rings is 1. The fraction of sp³-hybridized carbons (Fsp3) is 0.429. The third-order valence-electron chi connectivity index (χ3n) is 4.77. The molecule has 29 heavy (non-hydrogen) atoms. The molecule has 1 fully saturated rings. The summed E-state index contributed by atoms with van der Waals surface area (Å²) in [5.74, 6) is 1.67. The lowest BCUT2D eigenvalue weighted by Gasteiger charge is -2.20. The summed E-state index contributed by atoms with van der Waals surface area (Å²) < 4.78 is 0. The number of nitrogens with zero attached hydrogens (tertiary/aromatic N) is 4. The standard InChI is InChI=1S/C21H29ClN6.HI/c1-23-21(25-13-16-6-8-17(9-7-16)14-27(2)3)26-18-10-12-28(15-18)20-19(22)5-4-11-24-20;/h4-9,11,18H,10,12-15H2,1-3H3,(H2,23,25,26);1H. The first kappa shape index (κ1) is 23.7. The minimum absolute atomic E-state index is 0. The van der Waals surface area contributed by atoms with Crippen molar-refractivity contribution < 1.29 is 0 Å². The zero-order valence-corrected chi connectivity index (χ0v) is 20.3. The van der Waals surface area contributed by atoms with E-state index in [9.17, 15) is 0 Å². The monoisotopic (exact) mass is 528 g/mol. The molecule has 6 nitrogen and oxygen atoms in total. The number of halogens is 2. The number of nitrogens with one attached hydrogen (secondary N) is 2. The van der Waals surface area contributed by atoms with Crippen LogP contribution < -0.4 is 15.5 Å². The zero-order chi connectivity index (χ0) is 19.9. The van der Waals surface area contributed by atoms with Crippen LogP contribution in [0.2, 0.25) is 5.02 Å². The smallest absolute Gasteiger partial charge is 0.191 e. The zero-order valence-electron chi connectivity index (χ0n) is 17.2. The van der Waals surface area contributed by atoms with Gasteiger partial charge in [0, 0.05) is 45.5 Å². The van der Waals surface area contributed by atoms with Crippen molar-refractivity contribution in [3.63, 3.8) is 0 Å². The normalized spacial score (nSPS) is 16.7. The first-order chi connectivity index (χ1) is 13.5. The van der Waals surface area contributed by atoms with Gasteiger partial charge in [0.15, 0.2) is 5.96 Å². The van der Waals surface area contributed by atoms with Crippen molar-refractivity contribution in [2.45, 2.75) is 25.6 Å². The van der Waals surface area contributed by atoms with Gasteiger partial charge in [-0.1, -0.05) is 35.9 Å². The van der Waals surface area contributed by atoms with E-state index < -0.39 is 0 Å². The van der Waals surface area contributed by atoms with Crippen LogP contribution in [0, 0.1) is 0 Å². The molecule has 1 aliphatic heterocycles. The van der Waals surface area contributed by atoms with Crippen LogP contribution in [-0.4, -0.2) is 56.1 Å². The van der Waals surface area contributed by atoms with E-state index in [1.807, 2.05) is 12.1 Å². The molecule has 2 aromatic rings. The number of hydrogen-bond acceptors (Lipinski definition) is 4. The van der Waals surface area contributed by atoms with Gasteiger partial charge in [-0.25, -0.2) is 4.98 Å². The maximum atomic E-state index is 6.28. The Hall–Kier alpha value is -1.58. The Bertz CT molecular complexity index is 796. The Morgan fingerprint density at radius 3 is 2.62 bits per heavy atom. The molecular weight excluding hydrogens is 499 g/mol. The molecule has 8 heteroatoms. The second kappa shape index (κ2) is 11.6. The summed E-state index contributed by atoms with van der Waals surface area (Å²) in [6, 6.07) is 12.7. The highest BCUT2D eigenvalue weighted by molar-refractivity contribution is 14.0. The highest BCUT2D eigenvalue weighted by Gasteiger charge is 2.25. The summed E-state index contributed by atoms with van der Waals surface area (Å²) in [5, 5.41) is 7.62. The van der Waals surface area contributed by atoms with Crippen molar-refractivity contribution >= 4 is 47.4 Å². The maximum absolute atomic E-state index is 6.28. The lowest BCUT2D eigenvalue weighted by molar-refractivity contribution is 0.402. The number of aliphatic imine (C=N–C) groups is 1. The lowest BCUT2D eigenvalue weighted by Crippen LogP contribution is -2.44. The Morgan fingerprint density at radius 2 is 1.97 bits per heavy atom. The Labute approximate surface area is 195 Å². The first-order valence-electron chi connectivity index (χ1n) is 9.60. The van der Waals surface area contributed by atoms with E-state index in [0.29, 0.717) is 11.1 Å². The van der Waals surface area contributed by atoms with Gasteiger partial charge in [-0.15, -0.1) is 24.0 Å². The van der Waals surface area contributed by atoms with Crippen molar-refractivity contribution in [1.82, 2.24) is 20.5 Å². The number of pyridine rings is 1. The van der Waals surface area contributed by atoms with Crippen molar-refractivity contribution in [3.8, 4) is 0 Å². The number of aromatic nitrogens is 1. The third-order valence-corrected chi connectivity index (χ3v) is 5.07. The summed E-state index contributed by atoms with van der Waals surface area (Å²) in [7, 11) is 5.96. The summed E-state index contributed by atoms with van der Waals surface area (Å²) in [4.78, 5) is 13.2. The molecule has 1 aromatic carbocycles. The van der Waals surface area contributed by atoms with Gasteiger partial charge in [-0.05, 0) is 43.8 Å². The predicted octanol–water partition coefficient (Wildman–Crippen LogP) is 3.36. The molecule has 1 aliphatic rings. The highest BCUT2D eigenvalue weighted by Crippen LogP contribution is 2.25. The molecule has 158 valence electrons. The topological polar surface area (TPSA) is 55.8 Å². The van der Waals surface area contributed by atoms with Crippen LogP contribution in [0.5, 0.6) is 0 Å². The van der Waals surface area contributed by atoms with E-state index in [4.69, 9.17) is 11.6 Å².